The number of hydrogen-bond donors (Lipinski definition) is 3. The van der Waals surface area contributed by atoms with Crippen molar-refractivity contribution in [3.05, 3.63) is 82.7 Å². The van der Waals surface area contributed by atoms with Crippen LogP contribution >= 0.6 is 0 Å². The first-order valence-electron chi connectivity index (χ1n) is 10.1. The minimum absolute atomic E-state index is 0.0732. The Hall–Kier alpha value is -3.74. The summed E-state index contributed by atoms with van der Waals surface area (Å²) in [5, 5.41) is 4.00. The molecule has 0 fully saturated rings. The van der Waals surface area contributed by atoms with Gasteiger partial charge in [0.1, 0.15) is 5.82 Å². The fraction of sp³-hybridized carbons (Fsp3) is 0.208. The highest BCUT2D eigenvalue weighted by atomic mass is 19.1. The van der Waals surface area contributed by atoms with Gasteiger partial charge in [-0.25, -0.2) is 9.37 Å². The van der Waals surface area contributed by atoms with E-state index in [1.807, 2.05) is 32.0 Å². The molecular weight excluding hydrogens is 395 g/mol. The van der Waals surface area contributed by atoms with Crippen LogP contribution in [0.15, 0.2) is 65.7 Å². The fourth-order valence-electron chi connectivity index (χ4n) is 3.77. The lowest BCUT2D eigenvalue weighted by molar-refractivity contribution is -0.116. The van der Waals surface area contributed by atoms with E-state index in [0.717, 1.165) is 10.9 Å². The van der Waals surface area contributed by atoms with E-state index in [9.17, 15) is 14.0 Å². The monoisotopic (exact) mass is 418 g/mol. The quantitative estimate of drug-likeness (QED) is 0.419. The van der Waals surface area contributed by atoms with E-state index in [1.54, 1.807) is 36.7 Å². The van der Waals surface area contributed by atoms with E-state index >= 15 is 0 Å². The third kappa shape index (κ3) is 4.40. The van der Waals surface area contributed by atoms with Crippen LogP contribution in [0.25, 0.3) is 22.0 Å². The fourth-order valence-corrected chi connectivity index (χ4v) is 3.77. The molecule has 2 aromatic heterocycles. The smallest absolute Gasteiger partial charge is 0.251 e. The minimum atomic E-state index is -0.305. The van der Waals surface area contributed by atoms with Gasteiger partial charge in [-0.3, -0.25) is 14.9 Å². The Morgan fingerprint density at radius 2 is 2.00 bits per heavy atom. The van der Waals surface area contributed by atoms with Crippen LogP contribution in [0.5, 0.6) is 0 Å². The molecule has 4 aromatic rings. The maximum atomic E-state index is 14.2. The molecule has 0 saturated heterocycles. The second-order valence-electron chi connectivity index (χ2n) is 7.87. The molecule has 0 aliphatic heterocycles. The SMILES string of the molecule is CC(C)C(CC(=O)Nc1ncc[nH]1)c1ccc(-c2ccc3cccc(F)c3c2)[nH]c1=O. The van der Waals surface area contributed by atoms with Crippen LogP contribution in [0.4, 0.5) is 10.3 Å². The number of rotatable bonds is 6. The Kier molecular flexibility index (Phi) is 5.66. The van der Waals surface area contributed by atoms with Crippen molar-refractivity contribution in [2.24, 2.45) is 5.92 Å². The van der Waals surface area contributed by atoms with Crippen molar-refractivity contribution < 1.29 is 9.18 Å². The average Bonchev–Trinajstić information content (AvgIpc) is 3.25. The highest BCUT2D eigenvalue weighted by Crippen LogP contribution is 2.28. The second-order valence-corrected chi connectivity index (χ2v) is 7.87. The van der Waals surface area contributed by atoms with Crippen LogP contribution in [-0.2, 0) is 4.79 Å². The Morgan fingerprint density at radius 3 is 2.71 bits per heavy atom. The lowest BCUT2D eigenvalue weighted by Gasteiger charge is -2.20. The van der Waals surface area contributed by atoms with E-state index in [1.165, 1.54) is 6.07 Å². The topological polar surface area (TPSA) is 90.6 Å². The van der Waals surface area contributed by atoms with Gasteiger partial charge in [-0.1, -0.05) is 44.2 Å². The number of aromatic nitrogens is 3. The van der Waals surface area contributed by atoms with Crippen molar-refractivity contribution in [3.8, 4) is 11.3 Å². The molecule has 158 valence electrons. The first-order valence-corrected chi connectivity index (χ1v) is 10.1. The van der Waals surface area contributed by atoms with Crippen molar-refractivity contribution in [2.45, 2.75) is 26.2 Å². The summed E-state index contributed by atoms with van der Waals surface area (Å²) in [4.78, 5) is 35.1. The first kappa shape index (κ1) is 20.5. The molecule has 7 heteroatoms. The molecule has 6 nitrogen and oxygen atoms in total. The predicted molar refractivity (Wildman–Crippen MR) is 119 cm³/mol. The van der Waals surface area contributed by atoms with Gasteiger partial charge in [0, 0.05) is 41.4 Å². The molecule has 0 aliphatic carbocycles. The number of hydrogen-bond acceptors (Lipinski definition) is 3. The number of halogens is 1. The van der Waals surface area contributed by atoms with Gasteiger partial charge in [-0.15, -0.1) is 0 Å². The van der Waals surface area contributed by atoms with Crippen molar-refractivity contribution in [1.29, 1.82) is 0 Å². The van der Waals surface area contributed by atoms with Gasteiger partial charge in [0.05, 0.1) is 0 Å². The molecule has 0 aliphatic rings. The van der Waals surface area contributed by atoms with Gasteiger partial charge in [-0.2, -0.15) is 0 Å². The van der Waals surface area contributed by atoms with Crippen LogP contribution in [0.2, 0.25) is 0 Å². The summed E-state index contributed by atoms with van der Waals surface area (Å²) in [6, 6.07) is 13.9. The van der Waals surface area contributed by atoms with Gasteiger partial charge >= 0.3 is 0 Å². The molecule has 31 heavy (non-hydrogen) atoms. The summed E-state index contributed by atoms with van der Waals surface area (Å²) >= 11 is 0. The van der Waals surface area contributed by atoms with Gasteiger partial charge in [0.2, 0.25) is 11.9 Å². The maximum Gasteiger partial charge on any atom is 0.251 e. The van der Waals surface area contributed by atoms with E-state index in [2.05, 4.69) is 20.3 Å². The molecule has 0 saturated carbocycles. The van der Waals surface area contributed by atoms with Crippen molar-refractivity contribution in [1.82, 2.24) is 15.0 Å². The number of anilines is 1. The summed E-state index contributed by atoms with van der Waals surface area (Å²) in [7, 11) is 0. The predicted octanol–water partition coefficient (Wildman–Crippen LogP) is 4.83. The highest BCUT2D eigenvalue weighted by molar-refractivity contribution is 5.89. The van der Waals surface area contributed by atoms with Crippen LogP contribution < -0.4 is 10.9 Å². The highest BCUT2D eigenvalue weighted by Gasteiger charge is 2.23. The van der Waals surface area contributed by atoms with Crippen LogP contribution in [0.1, 0.15) is 31.7 Å². The standard InChI is InChI=1S/C24H23FN4O2/c1-14(2)18(13-22(30)29-24-26-10-11-27-24)17-8-9-21(28-23(17)31)16-7-6-15-4-3-5-20(25)19(15)12-16/h3-12,14,18H,13H2,1-2H3,(H,28,31)(H2,26,27,29,30). The molecule has 0 bridgehead atoms. The number of amides is 1. The van der Waals surface area contributed by atoms with E-state index in [4.69, 9.17) is 0 Å². The Labute approximate surface area is 178 Å². The molecular formula is C24H23FN4O2. The van der Waals surface area contributed by atoms with E-state index in [-0.39, 0.29) is 35.5 Å². The summed E-state index contributed by atoms with van der Waals surface area (Å²) in [5.74, 6) is -0.339. The summed E-state index contributed by atoms with van der Waals surface area (Å²) in [6.07, 6.45) is 3.33. The molecule has 2 heterocycles. The molecule has 2 aromatic carbocycles. The first-order chi connectivity index (χ1) is 14.9. The van der Waals surface area contributed by atoms with E-state index in [0.29, 0.717) is 22.6 Å². The Bertz CT molecular complexity index is 1280. The Morgan fingerprint density at radius 1 is 1.16 bits per heavy atom. The number of H-pyrrole nitrogens is 2. The molecule has 1 unspecified atom stereocenters. The van der Waals surface area contributed by atoms with Gasteiger partial charge in [-0.05, 0) is 35.1 Å². The normalized spacial score (nSPS) is 12.3. The number of imidazole rings is 1. The lowest BCUT2D eigenvalue weighted by Crippen LogP contribution is -2.24. The molecule has 1 atom stereocenters. The van der Waals surface area contributed by atoms with Gasteiger partial charge in [0.25, 0.3) is 5.56 Å². The molecule has 0 spiro atoms. The number of aromatic amines is 2. The number of nitrogens with one attached hydrogen (secondary N) is 3. The maximum absolute atomic E-state index is 14.2. The Balaban J connectivity index is 1.61. The summed E-state index contributed by atoms with van der Waals surface area (Å²) in [6.45, 7) is 3.95. The number of carbonyl (C=O) groups excluding carboxylic acids is 1. The zero-order valence-corrected chi connectivity index (χ0v) is 17.3. The average molecular weight is 418 g/mol. The molecule has 0 radical (unpaired) electrons. The van der Waals surface area contributed by atoms with Gasteiger partial charge in [0.15, 0.2) is 0 Å². The molecule has 1 amide bonds. The minimum Gasteiger partial charge on any atom is -0.331 e. The van der Waals surface area contributed by atoms with Crippen LogP contribution in [0, 0.1) is 11.7 Å². The second kappa shape index (κ2) is 8.55. The van der Waals surface area contributed by atoms with Crippen molar-refractivity contribution in [2.75, 3.05) is 5.32 Å². The number of carbonyl (C=O) groups is 1. The number of nitrogens with zero attached hydrogens (tertiary/aromatic N) is 1. The number of fused-ring (bicyclic) bond motifs is 1. The summed E-state index contributed by atoms with van der Waals surface area (Å²) in [5.41, 5.74) is 1.61. The largest absolute Gasteiger partial charge is 0.331 e. The zero-order valence-electron chi connectivity index (χ0n) is 17.3. The summed E-state index contributed by atoms with van der Waals surface area (Å²) < 4.78 is 14.2. The van der Waals surface area contributed by atoms with E-state index < -0.39 is 0 Å². The zero-order chi connectivity index (χ0) is 22.0. The van der Waals surface area contributed by atoms with Crippen LogP contribution in [0.3, 0.4) is 0 Å². The van der Waals surface area contributed by atoms with Crippen molar-refractivity contribution in [3.63, 3.8) is 0 Å². The van der Waals surface area contributed by atoms with Crippen molar-refractivity contribution >= 4 is 22.6 Å². The third-order valence-electron chi connectivity index (χ3n) is 5.45. The molecule has 3 N–H and O–H groups in total. The third-order valence-corrected chi connectivity index (χ3v) is 5.45. The van der Waals surface area contributed by atoms with Crippen LogP contribution in [-0.4, -0.2) is 20.9 Å². The number of benzene rings is 2. The van der Waals surface area contributed by atoms with Gasteiger partial charge < -0.3 is 9.97 Å². The number of pyridine rings is 1. The lowest BCUT2D eigenvalue weighted by atomic mass is 9.86. The molecule has 4 rings (SSSR count).